The van der Waals surface area contributed by atoms with E-state index >= 15 is 0 Å². The molecule has 30 heavy (non-hydrogen) atoms. The minimum atomic E-state index is -0.0756. The van der Waals surface area contributed by atoms with Crippen molar-refractivity contribution in [3.05, 3.63) is 45.9 Å². The van der Waals surface area contributed by atoms with Crippen LogP contribution in [0.3, 0.4) is 0 Å². The maximum absolute atomic E-state index is 12.8. The second kappa shape index (κ2) is 8.62. The molecule has 1 aromatic carbocycles. The van der Waals surface area contributed by atoms with E-state index in [0.717, 1.165) is 24.4 Å². The molecule has 0 saturated carbocycles. The van der Waals surface area contributed by atoms with Crippen molar-refractivity contribution in [1.82, 2.24) is 25.2 Å². The summed E-state index contributed by atoms with van der Waals surface area (Å²) in [4.78, 5) is 27.8. The number of nitrogens with one attached hydrogen (secondary N) is 2. The van der Waals surface area contributed by atoms with Crippen molar-refractivity contribution in [1.29, 1.82) is 5.26 Å². The van der Waals surface area contributed by atoms with Gasteiger partial charge >= 0.3 is 0 Å². The van der Waals surface area contributed by atoms with Crippen LogP contribution in [0.5, 0.6) is 0 Å². The summed E-state index contributed by atoms with van der Waals surface area (Å²) in [6, 6.07) is 8.77. The molecule has 4 N–H and O–H groups in total. The Morgan fingerprint density at radius 1 is 1.30 bits per heavy atom. The van der Waals surface area contributed by atoms with Crippen LogP contribution in [0.25, 0.3) is 11.4 Å². The summed E-state index contributed by atoms with van der Waals surface area (Å²) in [6.45, 7) is 2.84. The number of hydrogen-bond donors (Lipinski definition) is 3. The lowest BCUT2D eigenvalue weighted by molar-refractivity contribution is 0.0736. The summed E-state index contributed by atoms with van der Waals surface area (Å²) >= 11 is 7.35. The highest BCUT2D eigenvalue weighted by Gasteiger charge is 2.19. The third-order valence-corrected chi connectivity index (χ3v) is 5.46. The molecule has 0 radical (unpaired) electrons. The number of carbonyl (C=O) groups excluding carboxylic acids is 1. The van der Waals surface area contributed by atoms with Gasteiger partial charge in [0.2, 0.25) is 5.95 Å². The number of amides is 1. The van der Waals surface area contributed by atoms with Crippen molar-refractivity contribution < 1.29 is 4.79 Å². The Hall–Kier alpha value is -3.26. The van der Waals surface area contributed by atoms with Crippen molar-refractivity contribution in [3.8, 4) is 17.5 Å². The number of carbonyl (C=O) groups is 1. The molecule has 1 saturated heterocycles. The summed E-state index contributed by atoms with van der Waals surface area (Å²) < 4.78 is 0. The Morgan fingerprint density at radius 3 is 2.87 bits per heavy atom. The lowest BCUT2D eigenvalue weighted by Gasteiger charge is -2.27. The van der Waals surface area contributed by atoms with Crippen molar-refractivity contribution in [2.24, 2.45) is 0 Å². The van der Waals surface area contributed by atoms with Gasteiger partial charge in [-0.1, -0.05) is 22.9 Å². The van der Waals surface area contributed by atoms with Crippen LogP contribution in [0.4, 0.5) is 16.8 Å². The van der Waals surface area contributed by atoms with Crippen LogP contribution >= 0.6 is 22.9 Å². The minimum absolute atomic E-state index is 0.0756. The normalized spacial score (nSPS) is 13.7. The molecule has 0 aliphatic carbocycles. The Balaban J connectivity index is 1.59. The van der Waals surface area contributed by atoms with Gasteiger partial charge in [-0.2, -0.15) is 5.26 Å². The molecular weight excluding hydrogens is 424 g/mol. The number of piperazine rings is 1. The number of thiazole rings is 1. The number of aromatic nitrogens is 3. The molecular formula is C19H17ClN8OS. The number of nitrogens with two attached hydrogens (primary N) is 1. The molecule has 2 aromatic heterocycles. The number of hydrogen-bond acceptors (Lipinski definition) is 9. The molecule has 0 unspecified atom stereocenters. The number of nitrogen functional groups attached to an aromatic ring is 1. The number of anilines is 3. The van der Waals surface area contributed by atoms with E-state index < -0.39 is 0 Å². The van der Waals surface area contributed by atoms with Crippen LogP contribution in [0.15, 0.2) is 30.5 Å². The zero-order chi connectivity index (χ0) is 21.1. The summed E-state index contributed by atoms with van der Waals surface area (Å²) in [5, 5.41) is 16.3. The average molecular weight is 441 g/mol. The number of rotatable bonds is 4. The van der Waals surface area contributed by atoms with Crippen LogP contribution in [-0.2, 0) is 0 Å². The highest BCUT2D eigenvalue weighted by atomic mass is 35.5. The van der Waals surface area contributed by atoms with Gasteiger partial charge in [0.1, 0.15) is 16.6 Å². The Kier molecular flexibility index (Phi) is 5.76. The quantitative estimate of drug-likeness (QED) is 0.563. The van der Waals surface area contributed by atoms with Crippen LogP contribution in [0, 0.1) is 11.3 Å². The minimum Gasteiger partial charge on any atom is -0.375 e. The molecule has 1 amide bonds. The standard InChI is InChI=1S/C19H17ClN8OS/c20-12-7-11(17(29)28-5-3-23-4-6-28)8-13(9-12)25-19-24-2-1-14(26-19)16-15(10-21)30-18(22)27-16/h1-2,7-9,23H,3-6H2,(H2,22,27)(H,24,25,26). The summed E-state index contributed by atoms with van der Waals surface area (Å²) in [6.07, 6.45) is 1.55. The van der Waals surface area contributed by atoms with Gasteiger partial charge in [0.15, 0.2) is 5.13 Å². The van der Waals surface area contributed by atoms with Crippen LogP contribution in [0.2, 0.25) is 5.02 Å². The fourth-order valence-corrected chi connectivity index (χ4v) is 3.98. The predicted molar refractivity (Wildman–Crippen MR) is 116 cm³/mol. The zero-order valence-corrected chi connectivity index (χ0v) is 17.3. The molecule has 3 heterocycles. The van der Waals surface area contributed by atoms with Gasteiger partial charge in [-0.25, -0.2) is 15.0 Å². The van der Waals surface area contributed by atoms with Crippen molar-refractivity contribution in [2.75, 3.05) is 37.2 Å². The molecule has 152 valence electrons. The monoisotopic (exact) mass is 440 g/mol. The molecule has 1 aliphatic rings. The van der Waals surface area contributed by atoms with E-state index in [2.05, 4.69) is 31.7 Å². The fraction of sp³-hybridized carbons (Fsp3) is 0.211. The van der Waals surface area contributed by atoms with Gasteiger partial charge in [0, 0.05) is 48.6 Å². The molecule has 3 aromatic rings. The van der Waals surface area contributed by atoms with Crippen molar-refractivity contribution >= 4 is 45.6 Å². The molecule has 4 rings (SSSR count). The van der Waals surface area contributed by atoms with Crippen LogP contribution in [0.1, 0.15) is 15.2 Å². The summed E-state index contributed by atoms with van der Waals surface area (Å²) in [7, 11) is 0. The second-order valence-corrected chi connectivity index (χ2v) is 7.97. The molecule has 0 bridgehead atoms. The van der Waals surface area contributed by atoms with Crippen LogP contribution < -0.4 is 16.4 Å². The van der Waals surface area contributed by atoms with Gasteiger partial charge in [0.05, 0.1) is 5.69 Å². The predicted octanol–water partition coefficient (Wildman–Crippen LogP) is 2.50. The van der Waals surface area contributed by atoms with E-state index in [4.69, 9.17) is 17.3 Å². The van der Waals surface area contributed by atoms with Gasteiger partial charge in [-0.3, -0.25) is 4.79 Å². The average Bonchev–Trinajstić information content (AvgIpc) is 3.14. The first-order chi connectivity index (χ1) is 14.5. The van der Waals surface area contributed by atoms with E-state index in [1.807, 2.05) is 0 Å². The summed E-state index contributed by atoms with van der Waals surface area (Å²) in [5.74, 6) is 0.208. The summed E-state index contributed by atoms with van der Waals surface area (Å²) in [5.41, 5.74) is 7.67. The molecule has 1 fully saturated rings. The van der Waals surface area contributed by atoms with E-state index in [1.54, 1.807) is 35.4 Å². The maximum atomic E-state index is 12.8. The SMILES string of the molecule is N#Cc1sc(N)nc1-c1ccnc(Nc2cc(Cl)cc(C(=O)N3CCNCC3)c2)n1. The smallest absolute Gasteiger partial charge is 0.254 e. The Morgan fingerprint density at radius 2 is 2.10 bits per heavy atom. The number of halogens is 1. The Labute approximate surface area is 181 Å². The number of nitrogens with zero attached hydrogens (tertiary/aromatic N) is 5. The Bertz CT molecular complexity index is 1140. The molecule has 0 spiro atoms. The van der Waals surface area contributed by atoms with E-state index in [9.17, 15) is 10.1 Å². The maximum Gasteiger partial charge on any atom is 0.254 e. The van der Waals surface area contributed by atoms with Gasteiger partial charge < -0.3 is 21.3 Å². The molecule has 9 nitrogen and oxygen atoms in total. The fourth-order valence-electron chi connectivity index (χ4n) is 3.10. The molecule has 11 heteroatoms. The lowest BCUT2D eigenvalue weighted by atomic mass is 10.1. The second-order valence-electron chi connectivity index (χ2n) is 6.50. The third-order valence-electron chi connectivity index (χ3n) is 4.45. The van der Waals surface area contributed by atoms with Gasteiger partial charge in [-0.05, 0) is 24.3 Å². The largest absolute Gasteiger partial charge is 0.375 e. The lowest BCUT2D eigenvalue weighted by Crippen LogP contribution is -2.46. The number of benzene rings is 1. The van der Waals surface area contributed by atoms with E-state index in [1.165, 1.54) is 0 Å². The van der Waals surface area contributed by atoms with E-state index in [-0.39, 0.29) is 11.9 Å². The highest BCUT2D eigenvalue weighted by molar-refractivity contribution is 7.16. The molecule has 1 aliphatic heterocycles. The zero-order valence-electron chi connectivity index (χ0n) is 15.7. The van der Waals surface area contributed by atoms with Gasteiger partial charge in [0.25, 0.3) is 5.91 Å². The third kappa shape index (κ3) is 4.33. The number of nitriles is 1. The first-order valence-corrected chi connectivity index (χ1v) is 10.3. The first-order valence-electron chi connectivity index (χ1n) is 9.11. The van der Waals surface area contributed by atoms with Crippen LogP contribution in [-0.4, -0.2) is 51.9 Å². The highest BCUT2D eigenvalue weighted by Crippen LogP contribution is 2.29. The van der Waals surface area contributed by atoms with E-state index in [0.29, 0.717) is 50.8 Å². The topological polar surface area (TPSA) is 133 Å². The van der Waals surface area contributed by atoms with Crippen molar-refractivity contribution in [2.45, 2.75) is 0 Å². The van der Waals surface area contributed by atoms with Crippen molar-refractivity contribution in [3.63, 3.8) is 0 Å². The molecule has 0 atom stereocenters. The first kappa shape index (κ1) is 20.0. The van der Waals surface area contributed by atoms with Gasteiger partial charge in [-0.15, -0.1) is 0 Å².